The lowest BCUT2D eigenvalue weighted by Gasteiger charge is -2.54. The van der Waals surface area contributed by atoms with Gasteiger partial charge in [0.05, 0.1) is 0 Å². The van der Waals surface area contributed by atoms with Gasteiger partial charge in [-0.25, -0.2) is 4.39 Å². The summed E-state index contributed by atoms with van der Waals surface area (Å²) in [4.78, 5) is 0. The van der Waals surface area contributed by atoms with Crippen LogP contribution in [0.3, 0.4) is 0 Å². The molecule has 0 aromatic rings. The van der Waals surface area contributed by atoms with E-state index in [1.165, 1.54) is 43.3 Å². The molecule has 0 spiro atoms. The largest absolute Gasteiger partial charge is 0.247 e. The highest BCUT2D eigenvalue weighted by Gasteiger charge is 2.52. The third-order valence-electron chi connectivity index (χ3n) is 7.30. The molecule has 110 valence electrons. The Balaban J connectivity index is 1.66. The van der Waals surface area contributed by atoms with Gasteiger partial charge in [0.25, 0.3) is 0 Å². The molecular formula is C19H27F. The first-order chi connectivity index (χ1) is 9.59. The summed E-state index contributed by atoms with van der Waals surface area (Å²) in [5.74, 6) is 3.38. The van der Waals surface area contributed by atoms with Crippen LogP contribution in [0.15, 0.2) is 23.8 Å². The van der Waals surface area contributed by atoms with Crippen molar-refractivity contribution >= 4 is 0 Å². The van der Waals surface area contributed by atoms with E-state index in [9.17, 15) is 4.39 Å². The second-order valence-electron chi connectivity index (χ2n) is 8.04. The molecule has 0 N–H and O–H groups in total. The predicted molar refractivity (Wildman–Crippen MR) is 81.1 cm³/mol. The molecule has 0 amide bonds. The van der Waals surface area contributed by atoms with Crippen molar-refractivity contribution in [2.75, 3.05) is 0 Å². The van der Waals surface area contributed by atoms with E-state index in [4.69, 9.17) is 0 Å². The Hall–Kier alpha value is -0.590. The highest BCUT2D eigenvalue weighted by atomic mass is 19.1. The van der Waals surface area contributed by atoms with E-state index < -0.39 is 6.17 Å². The van der Waals surface area contributed by atoms with Crippen molar-refractivity contribution in [3.05, 3.63) is 23.8 Å². The lowest BCUT2D eigenvalue weighted by Crippen LogP contribution is -2.46. The number of hydrogen-bond donors (Lipinski definition) is 0. The Kier molecular flexibility index (Phi) is 2.91. The predicted octanol–water partition coefficient (Wildman–Crippen LogP) is 5.45. The average Bonchev–Trinajstić information content (AvgIpc) is 2.82. The van der Waals surface area contributed by atoms with Crippen LogP contribution in [-0.4, -0.2) is 6.17 Å². The molecule has 0 aromatic heterocycles. The second kappa shape index (κ2) is 4.45. The van der Waals surface area contributed by atoms with Crippen molar-refractivity contribution in [3.8, 4) is 0 Å². The minimum absolute atomic E-state index is 0.320. The molecule has 0 nitrogen and oxygen atoms in total. The van der Waals surface area contributed by atoms with Crippen molar-refractivity contribution in [1.82, 2.24) is 0 Å². The second-order valence-corrected chi connectivity index (χ2v) is 8.04. The van der Waals surface area contributed by atoms with Gasteiger partial charge in [0.15, 0.2) is 0 Å². The summed E-state index contributed by atoms with van der Waals surface area (Å²) >= 11 is 0. The van der Waals surface area contributed by atoms with Gasteiger partial charge in [0.2, 0.25) is 0 Å². The fourth-order valence-corrected chi connectivity index (χ4v) is 6.18. The van der Waals surface area contributed by atoms with E-state index in [1.54, 1.807) is 0 Å². The van der Waals surface area contributed by atoms with Crippen LogP contribution in [-0.2, 0) is 0 Å². The molecule has 6 unspecified atom stereocenters. The molecule has 1 heteroatoms. The summed E-state index contributed by atoms with van der Waals surface area (Å²) in [6.07, 6.45) is 11.0. The van der Waals surface area contributed by atoms with Crippen LogP contribution in [0.5, 0.6) is 0 Å². The molecule has 0 radical (unpaired) electrons. The average molecular weight is 274 g/mol. The third-order valence-corrected chi connectivity index (χ3v) is 7.30. The summed E-state index contributed by atoms with van der Waals surface area (Å²) in [5, 5.41) is 0. The van der Waals surface area contributed by atoms with Crippen LogP contribution in [0.1, 0.15) is 58.3 Å². The molecule has 3 saturated carbocycles. The number of alkyl halides is 1. The number of halogens is 1. The van der Waals surface area contributed by atoms with Crippen LogP contribution >= 0.6 is 0 Å². The van der Waals surface area contributed by atoms with Crippen LogP contribution in [0.4, 0.5) is 4.39 Å². The lowest BCUT2D eigenvalue weighted by atomic mass is 9.50. The van der Waals surface area contributed by atoms with Gasteiger partial charge in [0, 0.05) is 6.42 Å². The van der Waals surface area contributed by atoms with Crippen molar-refractivity contribution in [2.24, 2.45) is 29.1 Å². The highest BCUT2D eigenvalue weighted by molar-refractivity contribution is 5.26. The molecule has 0 bridgehead atoms. The molecule has 3 fully saturated rings. The maximum atomic E-state index is 13.8. The monoisotopic (exact) mass is 274 g/mol. The molecule has 0 aromatic carbocycles. The lowest BCUT2D eigenvalue weighted by molar-refractivity contribution is 0.00985. The standard InChI is InChI=1S/C19H27F/c1-12-3-5-16-15(12)7-8-18-17(16)6-4-13-11-14(20)9-10-19(13,18)2/h4,14-18H,1,3,5-11H2,2H3. The van der Waals surface area contributed by atoms with Gasteiger partial charge in [-0.15, -0.1) is 0 Å². The summed E-state index contributed by atoms with van der Waals surface area (Å²) < 4.78 is 13.8. The smallest absolute Gasteiger partial charge is 0.104 e. The quantitative estimate of drug-likeness (QED) is 0.515. The molecule has 4 rings (SSSR count). The van der Waals surface area contributed by atoms with E-state index in [-0.39, 0.29) is 0 Å². The SMILES string of the molecule is C=C1CCC2C1CCC1C2CC=C2CC(F)CCC21C. The molecular weight excluding hydrogens is 247 g/mol. The van der Waals surface area contributed by atoms with Gasteiger partial charge in [0.1, 0.15) is 6.17 Å². The Morgan fingerprint density at radius 1 is 1.20 bits per heavy atom. The number of fused-ring (bicyclic) bond motifs is 5. The van der Waals surface area contributed by atoms with Gasteiger partial charge < -0.3 is 0 Å². The van der Waals surface area contributed by atoms with Crippen LogP contribution in [0, 0.1) is 29.1 Å². The molecule has 6 atom stereocenters. The van der Waals surface area contributed by atoms with E-state index in [0.29, 0.717) is 5.41 Å². The van der Waals surface area contributed by atoms with Crippen LogP contribution in [0.2, 0.25) is 0 Å². The van der Waals surface area contributed by atoms with Crippen LogP contribution < -0.4 is 0 Å². The summed E-state index contributed by atoms with van der Waals surface area (Å²) in [6.45, 7) is 6.77. The minimum atomic E-state index is -0.575. The maximum Gasteiger partial charge on any atom is 0.104 e. The first-order valence-electron chi connectivity index (χ1n) is 8.61. The topological polar surface area (TPSA) is 0 Å². The Morgan fingerprint density at radius 2 is 2.05 bits per heavy atom. The molecule has 0 heterocycles. The molecule has 4 aliphatic carbocycles. The molecule has 4 aliphatic rings. The number of rotatable bonds is 0. The third kappa shape index (κ3) is 1.71. The highest BCUT2D eigenvalue weighted by Crippen LogP contribution is 2.61. The zero-order chi connectivity index (χ0) is 13.9. The molecule has 0 aliphatic heterocycles. The Bertz CT molecular complexity index is 462. The summed E-state index contributed by atoms with van der Waals surface area (Å²) in [7, 11) is 0. The zero-order valence-corrected chi connectivity index (χ0v) is 12.7. The summed E-state index contributed by atoms with van der Waals surface area (Å²) in [5.41, 5.74) is 3.31. The van der Waals surface area contributed by atoms with Crippen LogP contribution in [0.25, 0.3) is 0 Å². The molecule has 0 saturated heterocycles. The Labute approximate surface area is 122 Å². The van der Waals surface area contributed by atoms with Gasteiger partial charge in [-0.3, -0.25) is 0 Å². The van der Waals surface area contributed by atoms with Gasteiger partial charge >= 0.3 is 0 Å². The van der Waals surface area contributed by atoms with E-state index in [2.05, 4.69) is 19.6 Å². The van der Waals surface area contributed by atoms with Crippen molar-refractivity contribution in [2.45, 2.75) is 64.5 Å². The first kappa shape index (κ1) is 13.1. The first-order valence-corrected chi connectivity index (χ1v) is 8.61. The molecule has 20 heavy (non-hydrogen) atoms. The van der Waals surface area contributed by atoms with Gasteiger partial charge in [-0.05, 0) is 74.0 Å². The fraction of sp³-hybridized carbons (Fsp3) is 0.789. The van der Waals surface area contributed by atoms with E-state index in [1.807, 2.05) is 0 Å². The zero-order valence-electron chi connectivity index (χ0n) is 12.7. The minimum Gasteiger partial charge on any atom is -0.247 e. The summed E-state index contributed by atoms with van der Waals surface area (Å²) in [6, 6.07) is 0. The van der Waals surface area contributed by atoms with Crippen molar-refractivity contribution < 1.29 is 4.39 Å². The van der Waals surface area contributed by atoms with Crippen molar-refractivity contribution in [1.29, 1.82) is 0 Å². The maximum absolute atomic E-state index is 13.8. The van der Waals surface area contributed by atoms with E-state index >= 15 is 0 Å². The fourth-order valence-electron chi connectivity index (χ4n) is 6.18. The Morgan fingerprint density at radius 3 is 2.90 bits per heavy atom. The van der Waals surface area contributed by atoms with Crippen molar-refractivity contribution in [3.63, 3.8) is 0 Å². The number of hydrogen-bond acceptors (Lipinski definition) is 0. The van der Waals surface area contributed by atoms with Gasteiger partial charge in [-0.1, -0.05) is 30.7 Å². The number of allylic oxidation sites excluding steroid dienone is 3. The van der Waals surface area contributed by atoms with Gasteiger partial charge in [-0.2, -0.15) is 0 Å². The normalized spacial score (nSPS) is 51.0. The van der Waals surface area contributed by atoms with E-state index in [0.717, 1.165) is 42.9 Å².